The smallest absolute Gasteiger partial charge is 0.135 e. The van der Waals surface area contributed by atoms with Crippen molar-refractivity contribution in [3.63, 3.8) is 0 Å². The van der Waals surface area contributed by atoms with Gasteiger partial charge < -0.3 is 19.1 Å². The molecule has 2 aromatic heterocycles. The van der Waals surface area contributed by atoms with Crippen molar-refractivity contribution < 1.29 is 34.6 Å². The van der Waals surface area contributed by atoms with Gasteiger partial charge in [-0.2, -0.15) is 6.07 Å². The Bertz CT molecular complexity index is 3770. The summed E-state index contributed by atoms with van der Waals surface area (Å²) < 4.78 is 38.8. The van der Waals surface area contributed by atoms with Gasteiger partial charge in [0.25, 0.3) is 0 Å². The summed E-state index contributed by atoms with van der Waals surface area (Å²) in [6.45, 7) is 10.8. The molecule has 0 saturated heterocycles. The van der Waals surface area contributed by atoms with Crippen LogP contribution in [0.5, 0.6) is 11.5 Å². The van der Waals surface area contributed by atoms with Crippen LogP contribution < -0.4 is 14.5 Å². The van der Waals surface area contributed by atoms with E-state index in [1.54, 1.807) is 6.20 Å². The first-order valence-electron chi connectivity index (χ1n) is 24.7. The van der Waals surface area contributed by atoms with Crippen molar-refractivity contribution in [2.45, 2.75) is 39.5 Å². The molecule has 3 heterocycles. The molecule has 0 radical (unpaired) electrons. The van der Waals surface area contributed by atoms with Crippen molar-refractivity contribution in [3.05, 3.63) is 248 Å². The van der Waals surface area contributed by atoms with E-state index in [9.17, 15) is 4.39 Å². The second kappa shape index (κ2) is 20.1. The Balaban J connectivity index is 0.00000588. The summed E-state index contributed by atoms with van der Waals surface area (Å²) >= 11 is 0. The van der Waals surface area contributed by atoms with E-state index < -0.39 is 11.6 Å². The molecule has 0 spiro atoms. The first kappa shape index (κ1) is 48.2. The second-order valence-corrected chi connectivity index (χ2v) is 19.2. The molecule has 1 aliphatic heterocycles. The second-order valence-electron chi connectivity index (χ2n) is 19.2. The first-order valence-corrected chi connectivity index (χ1v) is 24.7. The third kappa shape index (κ3) is 8.96. The number of ether oxygens (including phenoxy) is 1. The number of fused-ring (bicyclic) bond motifs is 4. The third-order valence-electron chi connectivity index (χ3n) is 13.8. The molecular weight excluding hydrogens is 1100 g/mol. The van der Waals surface area contributed by atoms with Gasteiger partial charge in [-0.15, -0.1) is 53.6 Å². The molecule has 11 aromatic rings. The van der Waals surface area contributed by atoms with Crippen LogP contribution in [-0.4, -0.2) is 9.55 Å². The summed E-state index contributed by atoms with van der Waals surface area (Å²) in [4.78, 5) is 9.19. The van der Waals surface area contributed by atoms with E-state index in [2.05, 4.69) is 200 Å². The summed E-state index contributed by atoms with van der Waals surface area (Å²) in [5.74, 6) is 0.749. The monoisotopic (exact) mass is 1150 g/mol. The molecule has 0 N–H and O–H groups in total. The predicted molar refractivity (Wildman–Crippen MR) is 294 cm³/mol. The van der Waals surface area contributed by atoms with Gasteiger partial charge >= 0.3 is 0 Å². The number of hydrogen-bond acceptors (Lipinski definition) is 4. The molecule has 0 atom stereocenters. The average molecular weight is 1150 g/mol. The Kier molecular flexibility index (Phi) is 13.1. The third-order valence-corrected chi connectivity index (χ3v) is 13.8. The topological polar surface area (TPSA) is 33.5 Å². The van der Waals surface area contributed by atoms with E-state index in [0.29, 0.717) is 22.6 Å². The fourth-order valence-corrected chi connectivity index (χ4v) is 10.2. The quantitative estimate of drug-likeness (QED) is 0.121. The van der Waals surface area contributed by atoms with Crippen LogP contribution in [-0.2, 0) is 21.1 Å². The van der Waals surface area contributed by atoms with E-state index in [4.69, 9.17) is 9.72 Å². The Labute approximate surface area is 445 Å². The summed E-state index contributed by atoms with van der Waals surface area (Å²) in [7, 11) is 0. The van der Waals surface area contributed by atoms with E-state index in [1.165, 1.54) is 12.1 Å². The Morgan fingerprint density at radius 3 is 1.73 bits per heavy atom. The number of rotatable bonds is 11. The standard InChI is InChI=1S/C66H49F2N4O.Pt/c1-42(2)58-36-50(55-28-26-51(67)38-60(55)68)37-59(43(3)4)66(58)71-41-70(62-23-13-14-24-63(62)71)52-34-49(48-32-46(44-17-7-5-8-18-44)31-47(33-48)45-19-9-6-10-20-45)35-54(39-52)73-53-27-29-57-56-21-11-12-22-61(56)72(64(57)40-53)65-25-15-16-30-69-65;/h5-38,41-43H,1-4H3;/q-3;. The zero-order valence-electron chi connectivity index (χ0n) is 41.1. The molecule has 8 heteroatoms. The molecule has 74 heavy (non-hydrogen) atoms. The molecular formula is C66H49F2N4OPt-3. The maximum absolute atomic E-state index is 15.5. The van der Waals surface area contributed by atoms with Gasteiger partial charge in [0.05, 0.1) is 0 Å². The van der Waals surface area contributed by atoms with Gasteiger partial charge in [-0.1, -0.05) is 130 Å². The molecule has 0 unspecified atom stereocenters. The number of nitrogens with zero attached hydrogens (tertiary/aromatic N) is 4. The van der Waals surface area contributed by atoms with Gasteiger partial charge in [0, 0.05) is 73.0 Å². The minimum Gasteiger partial charge on any atom is -0.509 e. The summed E-state index contributed by atoms with van der Waals surface area (Å²) in [5.41, 5.74) is 15.1. The van der Waals surface area contributed by atoms with Crippen LogP contribution in [0.1, 0.15) is 50.7 Å². The van der Waals surface area contributed by atoms with Crippen LogP contribution in [0, 0.1) is 30.4 Å². The van der Waals surface area contributed by atoms with E-state index in [0.717, 1.165) is 101 Å². The van der Waals surface area contributed by atoms with Gasteiger partial charge in [0.1, 0.15) is 17.5 Å². The minimum atomic E-state index is -0.604. The van der Waals surface area contributed by atoms with Crippen LogP contribution in [0.3, 0.4) is 0 Å². The molecule has 0 amide bonds. The molecule has 5 nitrogen and oxygen atoms in total. The van der Waals surface area contributed by atoms with E-state index in [-0.39, 0.29) is 32.9 Å². The van der Waals surface area contributed by atoms with Gasteiger partial charge in [0.2, 0.25) is 0 Å². The van der Waals surface area contributed by atoms with Crippen molar-refractivity contribution in [3.8, 4) is 61.8 Å². The summed E-state index contributed by atoms with van der Waals surface area (Å²) in [5, 5.41) is 2.14. The number of anilines is 4. The van der Waals surface area contributed by atoms with Crippen LogP contribution >= 0.6 is 0 Å². The van der Waals surface area contributed by atoms with Crippen molar-refractivity contribution in [1.29, 1.82) is 0 Å². The van der Waals surface area contributed by atoms with Gasteiger partial charge in [0.15, 0.2) is 0 Å². The number of aromatic nitrogens is 2. The predicted octanol–water partition coefficient (Wildman–Crippen LogP) is 18.2. The summed E-state index contributed by atoms with van der Waals surface area (Å²) in [6.07, 6.45) is 1.81. The molecule has 366 valence electrons. The number of benzene rings is 9. The number of para-hydroxylation sites is 3. The molecule has 0 bridgehead atoms. The first-order chi connectivity index (χ1) is 35.6. The van der Waals surface area contributed by atoms with Crippen molar-refractivity contribution in [2.75, 3.05) is 9.80 Å². The Morgan fingerprint density at radius 2 is 1.09 bits per heavy atom. The molecule has 0 fully saturated rings. The summed E-state index contributed by atoms with van der Waals surface area (Å²) in [6, 6.07) is 73.9. The van der Waals surface area contributed by atoms with Gasteiger partial charge in [-0.05, 0) is 135 Å². The normalized spacial score (nSPS) is 12.2. The number of halogens is 2. The van der Waals surface area contributed by atoms with E-state index in [1.807, 2.05) is 42.5 Å². The molecule has 12 rings (SSSR count). The van der Waals surface area contributed by atoms with Crippen molar-refractivity contribution in [2.24, 2.45) is 0 Å². The fourth-order valence-electron chi connectivity index (χ4n) is 10.2. The van der Waals surface area contributed by atoms with Crippen LogP contribution in [0.2, 0.25) is 0 Å². The largest absolute Gasteiger partial charge is 0.509 e. The molecule has 9 aromatic carbocycles. The fraction of sp³-hybridized carbons (Fsp3) is 0.0909. The molecule has 1 aliphatic rings. The van der Waals surface area contributed by atoms with Crippen LogP contribution in [0.4, 0.5) is 31.5 Å². The zero-order valence-corrected chi connectivity index (χ0v) is 43.4. The zero-order chi connectivity index (χ0) is 49.7. The maximum atomic E-state index is 15.5. The molecule has 0 saturated carbocycles. The minimum absolute atomic E-state index is 0. The number of hydrogen-bond donors (Lipinski definition) is 0. The molecule has 0 aliphatic carbocycles. The average Bonchev–Trinajstić information content (AvgIpc) is 3.97. The Morgan fingerprint density at radius 1 is 0.500 bits per heavy atom. The van der Waals surface area contributed by atoms with Gasteiger partial charge in [-0.25, -0.2) is 13.8 Å². The van der Waals surface area contributed by atoms with Crippen LogP contribution in [0.15, 0.2) is 206 Å². The Hall–Kier alpha value is -8.12. The van der Waals surface area contributed by atoms with Crippen LogP contribution in [0.25, 0.3) is 72.1 Å². The van der Waals surface area contributed by atoms with Crippen molar-refractivity contribution >= 4 is 44.6 Å². The number of pyridine rings is 1. The van der Waals surface area contributed by atoms with Crippen molar-refractivity contribution in [1.82, 2.24) is 9.55 Å². The van der Waals surface area contributed by atoms with E-state index >= 15 is 4.39 Å². The maximum Gasteiger partial charge on any atom is 0.135 e. The SMILES string of the molecule is CC(C)c1cc(-c2ccc(F)cc2F)cc(C(C)C)c1N1[CH-]N(c2[c-]c(Oc3[c-]c4c(cc3)c3ccccc3n4-c3ccccn3)cc(-c3cc(-c4ccccc4)cc(-c4ccccc4)c3)c2)c2ccccc21.[Pt]. The van der Waals surface area contributed by atoms with Gasteiger partial charge in [-0.3, -0.25) is 0 Å².